The second-order valence-corrected chi connectivity index (χ2v) is 3.11. The number of amides is 2. The van der Waals surface area contributed by atoms with Crippen LogP contribution in [-0.4, -0.2) is 32.6 Å². The fourth-order valence-electron chi connectivity index (χ4n) is 1.30. The summed E-state index contributed by atoms with van der Waals surface area (Å²) in [7, 11) is 3.07. The molecule has 8 heteroatoms. The van der Waals surface area contributed by atoms with Crippen LogP contribution in [-0.2, 0) is 7.05 Å². The number of aryl methyl sites for hydroxylation is 1. The maximum atomic E-state index is 11.4. The third-order valence-electron chi connectivity index (χ3n) is 2.14. The second kappa shape index (κ2) is 5.80. The topological polar surface area (TPSA) is 105 Å². The average Bonchev–Trinajstić information content (AvgIpc) is 2.69. The lowest BCUT2D eigenvalue weighted by molar-refractivity contribution is 0.254. The third kappa shape index (κ3) is 2.47. The Morgan fingerprint density at radius 1 is 1.39 bits per heavy atom. The van der Waals surface area contributed by atoms with E-state index in [1.54, 1.807) is 7.05 Å². The number of fused-ring (bicyclic) bond motifs is 1. The highest BCUT2D eigenvalue weighted by atomic mass is 16.2. The third-order valence-corrected chi connectivity index (χ3v) is 2.14. The number of aromatic nitrogens is 4. The lowest BCUT2D eigenvalue weighted by Gasteiger charge is -2.03. The molecule has 0 radical (unpaired) electrons. The van der Waals surface area contributed by atoms with Crippen molar-refractivity contribution in [1.29, 1.82) is 0 Å². The molecule has 2 amide bonds. The van der Waals surface area contributed by atoms with Crippen LogP contribution in [0.25, 0.3) is 11.2 Å². The highest BCUT2D eigenvalue weighted by molar-refractivity contribution is 5.95. The fourth-order valence-corrected chi connectivity index (χ4v) is 1.30. The first-order valence-electron chi connectivity index (χ1n) is 5.52. The number of urea groups is 1. The molecule has 0 unspecified atom stereocenters. The number of nitrogens with one attached hydrogen (secondary N) is 3. The predicted octanol–water partition coefficient (Wildman–Crippen LogP) is 0.434. The van der Waals surface area contributed by atoms with Gasteiger partial charge in [-0.3, -0.25) is 9.88 Å². The molecule has 2 rings (SSSR count). The molecule has 98 valence electrons. The van der Waals surface area contributed by atoms with E-state index in [1.165, 1.54) is 17.9 Å². The smallest absolute Gasteiger partial charge is 0.327 e. The van der Waals surface area contributed by atoms with Crippen LogP contribution in [0.5, 0.6) is 0 Å². The van der Waals surface area contributed by atoms with Crippen molar-refractivity contribution in [3.05, 3.63) is 16.8 Å². The normalized spacial score (nSPS) is 9.56. The van der Waals surface area contributed by atoms with Gasteiger partial charge in [0.05, 0.1) is 0 Å². The number of aromatic amines is 1. The largest absolute Gasteiger partial charge is 0.341 e. The van der Waals surface area contributed by atoms with Crippen LogP contribution in [0.3, 0.4) is 0 Å². The van der Waals surface area contributed by atoms with E-state index in [0.717, 1.165) is 0 Å². The zero-order valence-corrected chi connectivity index (χ0v) is 10.7. The highest BCUT2D eigenvalue weighted by Gasteiger charge is 2.11. The first kappa shape index (κ1) is 13.7. The highest BCUT2D eigenvalue weighted by Crippen LogP contribution is 2.13. The van der Waals surface area contributed by atoms with E-state index in [0.29, 0.717) is 11.2 Å². The van der Waals surface area contributed by atoms with Crippen LogP contribution < -0.4 is 16.3 Å². The predicted molar refractivity (Wildman–Crippen MR) is 68.6 cm³/mol. The van der Waals surface area contributed by atoms with Crippen LogP contribution in [0.1, 0.15) is 13.8 Å². The van der Waals surface area contributed by atoms with Gasteiger partial charge >= 0.3 is 11.7 Å². The molecule has 2 aromatic heterocycles. The maximum Gasteiger partial charge on any atom is 0.327 e. The number of imidazole rings is 1. The Bertz CT molecular complexity index is 600. The first-order valence-corrected chi connectivity index (χ1v) is 5.52. The van der Waals surface area contributed by atoms with Gasteiger partial charge in [-0.25, -0.2) is 19.6 Å². The van der Waals surface area contributed by atoms with Crippen molar-refractivity contribution in [3.8, 4) is 0 Å². The number of H-pyrrole nitrogens is 1. The zero-order valence-electron chi connectivity index (χ0n) is 10.7. The molecule has 0 aromatic carbocycles. The van der Waals surface area contributed by atoms with E-state index in [1.807, 2.05) is 13.8 Å². The molecule has 0 saturated carbocycles. The summed E-state index contributed by atoms with van der Waals surface area (Å²) in [5.41, 5.74) is 0.528. The molecule has 0 fully saturated rings. The molecule has 2 aromatic rings. The van der Waals surface area contributed by atoms with Gasteiger partial charge < -0.3 is 10.3 Å². The minimum Gasteiger partial charge on any atom is -0.341 e. The van der Waals surface area contributed by atoms with Crippen molar-refractivity contribution in [2.45, 2.75) is 13.8 Å². The number of hydrogen-bond donors (Lipinski definition) is 3. The van der Waals surface area contributed by atoms with Crippen molar-refractivity contribution in [1.82, 2.24) is 24.8 Å². The minimum absolute atomic E-state index is 0.266. The maximum absolute atomic E-state index is 11.4. The van der Waals surface area contributed by atoms with Gasteiger partial charge in [-0.2, -0.15) is 0 Å². The zero-order chi connectivity index (χ0) is 13.7. The Labute approximate surface area is 103 Å². The summed E-state index contributed by atoms with van der Waals surface area (Å²) in [6, 6.07) is -0.412. The van der Waals surface area contributed by atoms with Gasteiger partial charge in [0, 0.05) is 14.1 Å². The molecule has 18 heavy (non-hydrogen) atoms. The fraction of sp³-hybridized carbons (Fsp3) is 0.400. The van der Waals surface area contributed by atoms with Crippen LogP contribution in [0.15, 0.2) is 11.1 Å². The molecular formula is C10H16N6O2. The van der Waals surface area contributed by atoms with Gasteiger partial charge in [0.2, 0.25) is 0 Å². The van der Waals surface area contributed by atoms with Crippen LogP contribution >= 0.6 is 0 Å². The van der Waals surface area contributed by atoms with Crippen LogP contribution in [0.2, 0.25) is 0 Å². The number of anilines is 1. The molecule has 2 heterocycles. The molecule has 0 saturated heterocycles. The van der Waals surface area contributed by atoms with Gasteiger partial charge in [0.1, 0.15) is 11.8 Å². The Kier molecular flexibility index (Phi) is 4.41. The summed E-state index contributed by atoms with van der Waals surface area (Å²) in [6.07, 6.45) is 1.28. The summed E-state index contributed by atoms with van der Waals surface area (Å²) < 4.78 is 1.34. The number of carbonyl (C=O) groups excluding carboxylic acids is 1. The van der Waals surface area contributed by atoms with E-state index in [-0.39, 0.29) is 11.5 Å². The standard InChI is InChI=1S/C8H10N6O2.C2H6/c1-9-7(15)13-5-4-6(11-3-10-5)14(2)8(16)12-4;1-2/h3H,1-2H3,(H,12,16)(H2,9,10,11,13,15);1-2H3. The number of carbonyl (C=O) groups is 1. The quantitative estimate of drug-likeness (QED) is 0.684. The van der Waals surface area contributed by atoms with E-state index < -0.39 is 6.03 Å². The minimum atomic E-state index is -0.412. The summed E-state index contributed by atoms with van der Waals surface area (Å²) in [6.45, 7) is 4.00. The van der Waals surface area contributed by atoms with Gasteiger partial charge in [0.25, 0.3) is 0 Å². The molecule has 0 aliphatic carbocycles. The Balaban J connectivity index is 0.000000771. The summed E-state index contributed by atoms with van der Waals surface area (Å²) in [4.78, 5) is 32.9. The first-order chi connectivity index (χ1) is 8.63. The molecule has 0 aliphatic rings. The molecule has 8 nitrogen and oxygen atoms in total. The average molecular weight is 252 g/mol. The monoisotopic (exact) mass is 252 g/mol. The van der Waals surface area contributed by atoms with Crippen molar-refractivity contribution in [2.75, 3.05) is 12.4 Å². The Morgan fingerprint density at radius 3 is 2.67 bits per heavy atom. The van der Waals surface area contributed by atoms with E-state index >= 15 is 0 Å². The Morgan fingerprint density at radius 2 is 2.06 bits per heavy atom. The van der Waals surface area contributed by atoms with Gasteiger partial charge in [-0.15, -0.1) is 0 Å². The molecule has 0 spiro atoms. The van der Waals surface area contributed by atoms with E-state index in [4.69, 9.17) is 0 Å². The molecule has 3 N–H and O–H groups in total. The van der Waals surface area contributed by atoms with E-state index in [2.05, 4.69) is 25.6 Å². The van der Waals surface area contributed by atoms with Gasteiger partial charge in [-0.1, -0.05) is 13.8 Å². The van der Waals surface area contributed by atoms with Crippen molar-refractivity contribution in [3.63, 3.8) is 0 Å². The molecular weight excluding hydrogens is 236 g/mol. The second-order valence-electron chi connectivity index (χ2n) is 3.11. The summed E-state index contributed by atoms with van der Waals surface area (Å²) in [5, 5.41) is 4.88. The number of hydrogen-bond acceptors (Lipinski definition) is 4. The number of rotatable bonds is 1. The van der Waals surface area contributed by atoms with Gasteiger partial charge in [-0.05, 0) is 0 Å². The SMILES string of the molecule is CC.CNC(=O)Nc1ncnc2c1[nH]c(=O)n2C. The van der Waals surface area contributed by atoms with Crippen LogP contribution in [0.4, 0.5) is 10.6 Å². The van der Waals surface area contributed by atoms with Crippen molar-refractivity contribution < 1.29 is 4.79 Å². The van der Waals surface area contributed by atoms with Gasteiger partial charge in [0.15, 0.2) is 11.5 Å². The van der Waals surface area contributed by atoms with Crippen molar-refractivity contribution >= 4 is 23.0 Å². The summed E-state index contributed by atoms with van der Waals surface area (Å²) >= 11 is 0. The van der Waals surface area contributed by atoms with E-state index in [9.17, 15) is 9.59 Å². The molecule has 0 bridgehead atoms. The summed E-state index contributed by atoms with van der Waals surface area (Å²) in [5.74, 6) is 0.266. The Hall–Kier alpha value is -2.38. The molecule has 0 atom stereocenters. The van der Waals surface area contributed by atoms with Crippen LogP contribution in [0, 0.1) is 0 Å². The lowest BCUT2D eigenvalue weighted by Crippen LogP contribution is -2.25. The van der Waals surface area contributed by atoms with Crippen molar-refractivity contribution in [2.24, 2.45) is 7.05 Å². The lowest BCUT2D eigenvalue weighted by atomic mass is 10.5. The molecule has 0 aliphatic heterocycles. The number of nitrogens with zero attached hydrogens (tertiary/aromatic N) is 3.